The van der Waals surface area contributed by atoms with Crippen molar-refractivity contribution in [1.29, 1.82) is 5.41 Å². The predicted octanol–water partition coefficient (Wildman–Crippen LogP) is 9.01. The Morgan fingerprint density at radius 2 is 1.57 bits per heavy atom. The number of rotatable bonds is 31. The van der Waals surface area contributed by atoms with Crippen molar-refractivity contribution in [3.63, 3.8) is 0 Å². The highest BCUT2D eigenvalue weighted by atomic mass is 33.1. The molecule has 0 aliphatic heterocycles. The second-order valence-electron chi connectivity index (χ2n) is 14.2. The second-order valence-corrected chi connectivity index (χ2v) is 16.9. The fourth-order valence-electron chi connectivity index (χ4n) is 6.63. The minimum Gasteiger partial charge on any atom is -0.382 e. The molecule has 0 fully saturated rings. The van der Waals surface area contributed by atoms with Gasteiger partial charge < -0.3 is 26.3 Å². The van der Waals surface area contributed by atoms with Gasteiger partial charge in [0.05, 0.1) is 17.1 Å². The van der Waals surface area contributed by atoms with Crippen molar-refractivity contribution in [2.45, 2.75) is 148 Å². The molecule has 10 nitrogen and oxygen atoms in total. The molecule has 0 spiro atoms. The molecule has 5 N–H and O–H groups in total. The lowest BCUT2D eigenvalue weighted by Gasteiger charge is -2.12. The number of nitrogens with two attached hydrogens (primary N) is 1. The zero-order valence-corrected chi connectivity index (χ0v) is 34.2. The quantitative estimate of drug-likeness (QED) is 0.0285. The van der Waals surface area contributed by atoms with Gasteiger partial charge in [-0.05, 0) is 84.2 Å². The number of fused-ring (bicyclic) bond motifs is 3. The first-order valence-electron chi connectivity index (χ1n) is 20.0. The molecule has 12 heteroatoms. The number of hydrogen-bond donors (Lipinski definition) is 4. The zero-order chi connectivity index (χ0) is 38.3. The number of pyridine rings is 1. The van der Waals surface area contributed by atoms with Crippen LogP contribution >= 0.6 is 21.6 Å². The Morgan fingerprint density at radius 1 is 0.849 bits per heavy atom. The number of amides is 1. The van der Waals surface area contributed by atoms with E-state index in [2.05, 4.69) is 33.2 Å². The summed E-state index contributed by atoms with van der Waals surface area (Å²) in [5.41, 5.74) is 9.89. The highest BCUT2D eigenvalue weighted by Crippen LogP contribution is 2.30. The number of anilines is 1. The van der Waals surface area contributed by atoms with Gasteiger partial charge in [0.1, 0.15) is 22.9 Å². The molecule has 1 amide bonds. The van der Waals surface area contributed by atoms with Crippen molar-refractivity contribution >= 4 is 72.5 Å². The SMILES string of the molecule is CCCCc1nc2c(N)nc3ccccc3c2n1CCCCNC(=O)CCCCCCC(=O)CCSSCCCC(=N)CCCCCC(NC)C(C)=O. The lowest BCUT2D eigenvalue weighted by atomic mass is 10.0. The van der Waals surface area contributed by atoms with E-state index in [0.29, 0.717) is 37.4 Å². The predicted molar refractivity (Wildman–Crippen MR) is 226 cm³/mol. The molecule has 1 aromatic carbocycles. The Kier molecular flexibility index (Phi) is 21.8. The monoisotopic (exact) mass is 767 g/mol. The van der Waals surface area contributed by atoms with E-state index >= 15 is 0 Å². The summed E-state index contributed by atoms with van der Waals surface area (Å²) in [5.74, 6) is 4.02. The number of carbonyl (C=O) groups excluding carboxylic acids is 3. The Balaban J connectivity index is 1.16. The molecule has 294 valence electrons. The number of unbranched alkanes of at least 4 members (excludes halogenated alkanes) is 7. The Hall–Kier alpha value is -2.96. The molecule has 2 aromatic heterocycles. The molecule has 0 saturated carbocycles. The van der Waals surface area contributed by atoms with Gasteiger partial charge in [0.25, 0.3) is 0 Å². The highest BCUT2D eigenvalue weighted by Gasteiger charge is 2.17. The smallest absolute Gasteiger partial charge is 0.219 e. The first-order valence-corrected chi connectivity index (χ1v) is 22.5. The fourth-order valence-corrected chi connectivity index (χ4v) is 8.75. The van der Waals surface area contributed by atoms with Crippen LogP contribution in [0, 0.1) is 5.41 Å². The van der Waals surface area contributed by atoms with E-state index < -0.39 is 0 Å². The van der Waals surface area contributed by atoms with Crippen molar-refractivity contribution in [3.05, 3.63) is 30.1 Å². The summed E-state index contributed by atoms with van der Waals surface area (Å²) >= 11 is 0. The molecule has 3 aromatic rings. The van der Waals surface area contributed by atoms with E-state index in [1.165, 1.54) is 0 Å². The van der Waals surface area contributed by atoms with Gasteiger partial charge in [-0.15, -0.1) is 0 Å². The van der Waals surface area contributed by atoms with Crippen LogP contribution in [-0.4, -0.2) is 68.9 Å². The third kappa shape index (κ3) is 16.5. The highest BCUT2D eigenvalue weighted by molar-refractivity contribution is 8.76. The van der Waals surface area contributed by atoms with Crippen molar-refractivity contribution < 1.29 is 14.4 Å². The first kappa shape index (κ1) is 44.4. The van der Waals surface area contributed by atoms with Crippen LogP contribution in [0.15, 0.2) is 24.3 Å². The summed E-state index contributed by atoms with van der Waals surface area (Å²) in [7, 11) is 5.41. The number of nitrogens with one attached hydrogen (secondary N) is 3. The van der Waals surface area contributed by atoms with Gasteiger partial charge in [-0.2, -0.15) is 0 Å². The fraction of sp³-hybridized carbons (Fsp3) is 0.659. The van der Waals surface area contributed by atoms with Crippen molar-refractivity contribution in [3.8, 4) is 0 Å². The number of ketones is 2. The number of imidazole rings is 1. The molecule has 1 atom stereocenters. The minimum absolute atomic E-state index is 0.0354. The number of aryl methyl sites for hydroxylation is 2. The van der Waals surface area contributed by atoms with E-state index in [1.54, 1.807) is 17.7 Å². The minimum atomic E-state index is -0.0354. The van der Waals surface area contributed by atoms with E-state index in [4.69, 9.17) is 16.1 Å². The zero-order valence-electron chi connectivity index (χ0n) is 32.6. The van der Waals surface area contributed by atoms with Crippen LogP contribution in [0.2, 0.25) is 0 Å². The number of benzene rings is 1. The second kappa shape index (κ2) is 26.0. The van der Waals surface area contributed by atoms with Gasteiger partial charge >= 0.3 is 0 Å². The number of hydrogen-bond acceptors (Lipinski definition) is 10. The summed E-state index contributed by atoms with van der Waals surface area (Å²) < 4.78 is 2.32. The normalized spacial score (nSPS) is 12.1. The molecule has 2 heterocycles. The number of Topliss-reactive ketones (excluding diaryl/α,β-unsaturated/α-hetero) is 2. The van der Waals surface area contributed by atoms with E-state index in [-0.39, 0.29) is 17.7 Å². The van der Waals surface area contributed by atoms with Gasteiger partial charge in [-0.25, -0.2) is 9.97 Å². The number of nitrogens with zero attached hydrogens (tertiary/aromatic N) is 3. The lowest BCUT2D eigenvalue weighted by Crippen LogP contribution is -2.31. The lowest BCUT2D eigenvalue weighted by molar-refractivity contribution is -0.121. The third-order valence-corrected chi connectivity index (χ3v) is 12.2. The van der Waals surface area contributed by atoms with Crippen LogP contribution in [0.5, 0.6) is 0 Å². The summed E-state index contributed by atoms with van der Waals surface area (Å²) in [6.07, 6.45) is 17.1. The molecule has 53 heavy (non-hydrogen) atoms. The number of carbonyl (C=O) groups is 3. The van der Waals surface area contributed by atoms with Crippen LogP contribution in [0.4, 0.5) is 5.82 Å². The van der Waals surface area contributed by atoms with E-state index in [0.717, 1.165) is 154 Å². The maximum atomic E-state index is 12.4. The van der Waals surface area contributed by atoms with Crippen LogP contribution < -0.4 is 16.4 Å². The van der Waals surface area contributed by atoms with Gasteiger partial charge in [0.2, 0.25) is 5.91 Å². The molecule has 0 bridgehead atoms. The largest absolute Gasteiger partial charge is 0.382 e. The van der Waals surface area contributed by atoms with Crippen molar-refractivity contribution in [1.82, 2.24) is 25.2 Å². The summed E-state index contributed by atoms with van der Waals surface area (Å²) in [6.45, 7) is 5.31. The Labute approximate surface area is 325 Å². The molecule has 1 unspecified atom stereocenters. The number of likely N-dealkylation sites (N-methyl/N-ethyl adjacent to an activating group) is 1. The maximum Gasteiger partial charge on any atom is 0.219 e. The average molecular weight is 768 g/mol. The Bertz CT molecular complexity index is 1580. The van der Waals surface area contributed by atoms with Gasteiger partial charge in [0, 0.05) is 61.4 Å². The van der Waals surface area contributed by atoms with E-state index in [9.17, 15) is 14.4 Å². The van der Waals surface area contributed by atoms with Gasteiger partial charge in [-0.3, -0.25) is 14.4 Å². The molecular weight excluding hydrogens is 703 g/mol. The van der Waals surface area contributed by atoms with E-state index in [1.807, 2.05) is 36.0 Å². The molecule has 0 saturated heterocycles. The topological polar surface area (TPSA) is 156 Å². The first-order chi connectivity index (χ1) is 25.7. The standard InChI is InChI=1S/C41H65N7O3S2/c1-4-5-24-37-47-39-40(34-21-13-14-23-36(34)46-41(39)43)48(37)28-16-15-27-45-38(51)25-12-7-6-10-20-33(50)26-30-53-52-29-17-19-32(42)18-9-8-11-22-35(44-3)31(2)49/h13-14,21,23,35,42,44H,4-12,15-20,22,24-30H2,1-3H3,(H2,43,46)(H,45,51). The summed E-state index contributed by atoms with van der Waals surface area (Å²) in [4.78, 5) is 45.7. The number of nitrogen functional groups attached to an aromatic ring is 1. The maximum absolute atomic E-state index is 12.4. The van der Waals surface area contributed by atoms with Crippen molar-refractivity contribution in [2.75, 3.05) is 30.8 Å². The summed E-state index contributed by atoms with van der Waals surface area (Å²) in [5, 5.41) is 15.4. The Morgan fingerprint density at radius 3 is 2.34 bits per heavy atom. The number of para-hydroxylation sites is 1. The van der Waals surface area contributed by atoms with Crippen LogP contribution in [-0.2, 0) is 27.3 Å². The molecule has 0 aliphatic rings. The summed E-state index contributed by atoms with van der Waals surface area (Å²) in [6, 6.07) is 8.06. The van der Waals surface area contributed by atoms with Crippen LogP contribution in [0.25, 0.3) is 21.9 Å². The molecular formula is C41H65N7O3S2. The van der Waals surface area contributed by atoms with Crippen LogP contribution in [0.1, 0.15) is 135 Å². The van der Waals surface area contributed by atoms with Gasteiger partial charge in [-0.1, -0.05) is 78.8 Å². The average Bonchev–Trinajstić information content (AvgIpc) is 3.51. The van der Waals surface area contributed by atoms with Crippen molar-refractivity contribution in [2.24, 2.45) is 0 Å². The van der Waals surface area contributed by atoms with Crippen LogP contribution in [0.3, 0.4) is 0 Å². The third-order valence-electron chi connectivity index (χ3n) is 9.75. The molecule has 3 rings (SSSR count). The number of aromatic nitrogens is 3. The molecule has 0 radical (unpaired) electrons. The molecule has 0 aliphatic carbocycles. The van der Waals surface area contributed by atoms with Gasteiger partial charge in [0.15, 0.2) is 5.82 Å².